The molecule has 102 valence electrons. The van der Waals surface area contributed by atoms with Crippen molar-refractivity contribution in [1.29, 1.82) is 5.26 Å². The highest BCUT2D eigenvalue weighted by Crippen LogP contribution is 2.24. The van der Waals surface area contributed by atoms with Crippen LogP contribution in [0.4, 0.5) is 5.82 Å². The molecule has 1 aliphatic heterocycles. The molecule has 4 nitrogen and oxygen atoms in total. The van der Waals surface area contributed by atoms with E-state index in [0.717, 1.165) is 42.9 Å². The van der Waals surface area contributed by atoms with Gasteiger partial charge in [0.2, 0.25) is 0 Å². The summed E-state index contributed by atoms with van der Waals surface area (Å²) in [5.74, 6) is 0.863. The number of pyridine rings is 1. The number of hydrogen-bond donors (Lipinski definition) is 0. The van der Waals surface area contributed by atoms with Gasteiger partial charge < -0.3 is 9.80 Å². The first-order valence-electron chi connectivity index (χ1n) is 6.90. The number of aromatic nitrogens is 1. The fraction of sp³-hybridized carbons (Fsp3) is 0.600. The topological polar surface area (TPSA) is 43.2 Å². The summed E-state index contributed by atoms with van der Waals surface area (Å²) in [5.41, 5.74) is 1.74. The van der Waals surface area contributed by atoms with Gasteiger partial charge in [-0.25, -0.2) is 4.98 Å². The number of hydrogen-bond acceptors (Lipinski definition) is 4. The maximum atomic E-state index is 9.32. The molecule has 2 heterocycles. The van der Waals surface area contributed by atoms with Gasteiger partial charge in [0.05, 0.1) is 5.56 Å². The number of nitriles is 1. The smallest absolute Gasteiger partial charge is 0.146 e. The Labute approximate surface area is 115 Å². The van der Waals surface area contributed by atoms with Gasteiger partial charge in [0.25, 0.3) is 0 Å². The first-order valence-corrected chi connectivity index (χ1v) is 6.90. The lowest BCUT2D eigenvalue weighted by molar-refractivity contribution is 0.272. The Morgan fingerprint density at radius 3 is 2.84 bits per heavy atom. The molecule has 0 bridgehead atoms. The SMILES string of the molecule is Cc1ccnc(N2CCCC(N(C)C)CC2)c1C#N. The van der Waals surface area contributed by atoms with E-state index in [1.54, 1.807) is 6.20 Å². The molecule has 2 rings (SSSR count). The molecule has 1 saturated heterocycles. The number of rotatable bonds is 2. The second kappa shape index (κ2) is 6.03. The molecule has 0 saturated carbocycles. The molecule has 0 spiro atoms. The minimum absolute atomic E-state index is 0.639. The highest BCUT2D eigenvalue weighted by molar-refractivity contribution is 5.57. The van der Waals surface area contributed by atoms with Crippen molar-refractivity contribution in [2.45, 2.75) is 32.2 Å². The molecule has 0 amide bonds. The molecule has 1 aromatic heterocycles. The molecule has 4 heteroatoms. The zero-order chi connectivity index (χ0) is 13.8. The molecule has 1 aromatic rings. The predicted octanol–water partition coefficient (Wildman–Crippen LogP) is 2.18. The van der Waals surface area contributed by atoms with E-state index in [2.05, 4.69) is 34.9 Å². The third-order valence-corrected chi connectivity index (χ3v) is 3.98. The molecule has 0 radical (unpaired) electrons. The summed E-state index contributed by atoms with van der Waals surface area (Å²) in [6, 6.07) is 4.85. The lowest BCUT2D eigenvalue weighted by Gasteiger charge is -2.24. The zero-order valence-corrected chi connectivity index (χ0v) is 12.1. The van der Waals surface area contributed by atoms with Crippen LogP contribution in [-0.2, 0) is 0 Å². The van der Waals surface area contributed by atoms with Crippen molar-refractivity contribution in [3.63, 3.8) is 0 Å². The largest absolute Gasteiger partial charge is 0.355 e. The van der Waals surface area contributed by atoms with Gasteiger partial charge in [-0.15, -0.1) is 0 Å². The molecule has 1 unspecified atom stereocenters. The Morgan fingerprint density at radius 2 is 2.16 bits per heavy atom. The van der Waals surface area contributed by atoms with Crippen LogP contribution in [0, 0.1) is 18.3 Å². The summed E-state index contributed by atoms with van der Waals surface area (Å²) in [7, 11) is 4.29. The van der Waals surface area contributed by atoms with Crippen LogP contribution in [0.15, 0.2) is 12.3 Å². The van der Waals surface area contributed by atoms with Gasteiger partial charge in [-0.05, 0) is 51.9 Å². The van der Waals surface area contributed by atoms with Crippen LogP contribution in [0.25, 0.3) is 0 Å². The summed E-state index contributed by atoms with van der Waals surface area (Å²) >= 11 is 0. The highest BCUT2D eigenvalue weighted by atomic mass is 15.2. The third-order valence-electron chi connectivity index (χ3n) is 3.98. The van der Waals surface area contributed by atoms with E-state index in [1.165, 1.54) is 6.42 Å². The maximum absolute atomic E-state index is 9.32. The first kappa shape index (κ1) is 13.8. The van der Waals surface area contributed by atoms with E-state index < -0.39 is 0 Å². The quantitative estimate of drug-likeness (QED) is 0.815. The summed E-state index contributed by atoms with van der Waals surface area (Å²) in [4.78, 5) is 9.01. The minimum atomic E-state index is 0.639. The normalized spacial score (nSPS) is 20.2. The molecule has 1 aliphatic rings. The molecule has 0 N–H and O–H groups in total. The van der Waals surface area contributed by atoms with Crippen molar-refractivity contribution in [3.8, 4) is 6.07 Å². The van der Waals surface area contributed by atoms with Gasteiger partial charge in [0, 0.05) is 25.3 Å². The number of anilines is 1. The van der Waals surface area contributed by atoms with E-state index >= 15 is 0 Å². The second-order valence-electron chi connectivity index (χ2n) is 5.47. The molecular weight excluding hydrogens is 236 g/mol. The minimum Gasteiger partial charge on any atom is -0.355 e. The van der Waals surface area contributed by atoms with Crippen LogP contribution in [0.3, 0.4) is 0 Å². The van der Waals surface area contributed by atoms with E-state index in [1.807, 2.05) is 13.0 Å². The van der Waals surface area contributed by atoms with Gasteiger partial charge >= 0.3 is 0 Å². The van der Waals surface area contributed by atoms with Crippen molar-refractivity contribution >= 4 is 5.82 Å². The van der Waals surface area contributed by atoms with Crippen LogP contribution in [0.2, 0.25) is 0 Å². The molecule has 0 aliphatic carbocycles. The van der Waals surface area contributed by atoms with Gasteiger partial charge in [0.15, 0.2) is 0 Å². The van der Waals surface area contributed by atoms with Crippen LogP contribution in [0.1, 0.15) is 30.4 Å². The average molecular weight is 258 g/mol. The van der Waals surface area contributed by atoms with Crippen molar-refractivity contribution in [2.24, 2.45) is 0 Å². The van der Waals surface area contributed by atoms with Crippen LogP contribution in [-0.4, -0.2) is 43.1 Å². The number of aryl methyl sites for hydroxylation is 1. The Balaban J connectivity index is 2.19. The van der Waals surface area contributed by atoms with Crippen molar-refractivity contribution in [2.75, 3.05) is 32.1 Å². The van der Waals surface area contributed by atoms with Crippen LogP contribution >= 0.6 is 0 Å². The van der Waals surface area contributed by atoms with Gasteiger partial charge in [0.1, 0.15) is 11.9 Å². The Kier molecular flexibility index (Phi) is 4.39. The monoisotopic (exact) mass is 258 g/mol. The Bertz CT molecular complexity index is 476. The molecule has 1 atom stereocenters. The number of nitrogens with zero attached hydrogens (tertiary/aromatic N) is 4. The first-order chi connectivity index (χ1) is 9.13. The fourth-order valence-electron chi connectivity index (χ4n) is 2.73. The molecular formula is C15H22N4. The standard InChI is InChI=1S/C15H22N4/c1-12-6-8-17-15(14(12)11-16)19-9-4-5-13(7-10-19)18(2)3/h6,8,13H,4-5,7,9-10H2,1-3H3. The Morgan fingerprint density at radius 1 is 1.37 bits per heavy atom. The summed E-state index contributed by atoms with van der Waals surface area (Å²) in [5, 5.41) is 9.32. The van der Waals surface area contributed by atoms with E-state index in [9.17, 15) is 5.26 Å². The lowest BCUT2D eigenvalue weighted by atomic mass is 10.1. The predicted molar refractivity (Wildman–Crippen MR) is 77.2 cm³/mol. The highest BCUT2D eigenvalue weighted by Gasteiger charge is 2.21. The van der Waals surface area contributed by atoms with E-state index in [0.29, 0.717) is 6.04 Å². The van der Waals surface area contributed by atoms with Crippen molar-refractivity contribution in [1.82, 2.24) is 9.88 Å². The lowest BCUT2D eigenvalue weighted by Crippen LogP contribution is -2.30. The average Bonchev–Trinajstić information content (AvgIpc) is 2.64. The van der Waals surface area contributed by atoms with E-state index in [-0.39, 0.29) is 0 Å². The van der Waals surface area contributed by atoms with Crippen LogP contribution < -0.4 is 4.90 Å². The summed E-state index contributed by atoms with van der Waals surface area (Å²) in [6.07, 6.45) is 5.31. The van der Waals surface area contributed by atoms with E-state index in [4.69, 9.17) is 0 Å². The molecule has 1 fully saturated rings. The van der Waals surface area contributed by atoms with Gasteiger partial charge in [-0.1, -0.05) is 0 Å². The van der Waals surface area contributed by atoms with Gasteiger partial charge in [-0.2, -0.15) is 5.26 Å². The Hall–Kier alpha value is -1.60. The van der Waals surface area contributed by atoms with Crippen molar-refractivity contribution in [3.05, 3.63) is 23.4 Å². The molecule has 19 heavy (non-hydrogen) atoms. The summed E-state index contributed by atoms with van der Waals surface area (Å²) in [6.45, 7) is 3.95. The molecule has 0 aromatic carbocycles. The van der Waals surface area contributed by atoms with Crippen LogP contribution in [0.5, 0.6) is 0 Å². The second-order valence-corrected chi connectivity index (χ2v) is 5.47. The zero-order valence-electron chi connectivity index (χ0n) is 12.1. The fourth-order valence-corrected chi connectivity index (χ4v) is 2.73. The maximum Gasteiger partial charge on any atom is 0.146 e. The van der Waals surface area contributed by atoms with Crippen molar-refractivity contribution < 1.29 is 0 Å². The van der Waals surface area contributed by atoms with Gasteiger partial charge in [-0.3, -0.25) is 0 Å². The summed E-state index contributed by atoms with van der Waals surface area (Å²) < 4.78 is 0. The third kappa shape index (κ3) is 3.05.